The third-order valence-corrected chi connectivity index (χ3v) is 6.13. The second-order valence-corrected chi connectivity index (χ2v) is 7.46. The number of nitrogens with zero attached hydrogens (tertiary/aromatic N) is 2. The highest BCUT2D eigenvalue weighted by molar-refractivity contribution is 7.90. The van der Waals surface area contributed by atoms with E-state index >= 15 is 0 Å². The zero-order chi connectivity index (χ0) is 15.5. The molecule has 1 atom stereocenters. The number of hydrogen-bond acceptors (Lipinski definition) is 3. The van der Waals surface area contributed by atoms with Gasteiger partial charge in [-0.3, -0.25) is 4.31 Å². The van der Waals surface area contributed by atoms with Gasteiger partial charge in [0.25, 0.3) is 0 Å². The lowest BCUT2D eigenvalue weighted by molar-refractivity contribution is 0.283. The van der Waals surface area contributed by atoms with Gasteiger partial charge in [0, 0.05) is 26.0 Å². The van der Waals surface area contributed by atoms with E-state index in [0.717, 1.165) is 12.8 Å². The summed E-state index contributed by atoms with van der Waals surface area (Å²) in [6, 6.07) is 6.97. The summed E-state index contributed by atoms with van der Waals surface area (Å²) in [6.07, 6.45) is 1.84. The van der Waals surface area contributed by atoms with Crippen molar-refractivity contribution < 1.29 is 13.2 Å². The molecule has 1 aromatic carbocycles. The molecule has 1 aliphatic heterocycles. The first-order chi connectivity index (χ1) is 9.98. The summed E-state index contributed by atoms with van der Waals surface area (Å²) in [6.45, 7) is 1.04. The minimum absolute atomic E-state index is 0.236. The molecular weight excluding hydrogens is 312 g/mol. The van der Waals surface area contributed by atoms with Crippen LogP contribution in [-0.4, -0.2) is 45.8 Å². The quantitative estimate of drug-likeness (QED) is 0.778. The molecule has 0 bridgehead atoms. The average Bonchev–Trinajstić information content (AvgIpc) is 2.54. The molecule has 0 N–H and O–H groups in total. The van der Waals surface area contributed by atoms with Crippen molar-refractivity contribution >= 4 is 27.5 Å². The minimum atomic E-state index is -3.51. The van der Waals surface area contributed by atoms with E-state index in [1.807, 2.05) is 0 Å². The molecule has 0 spiro atoms. The van der Waals surface area contributed by atoms with Crippen LogP contribution in [0.25, 0.3) is 0 Å². The van der Waals surface area contributed by atoms with Crippen molar-refractivity contribution in [3.8, 4) is 5.75 Å². The standard InChI is InChI=1S/C14H21ClN2O3S/c1-16(13-5-7-14(20-2)8-6-13)21(18,19)17-9-3-4-12(10-15)11-17/h5-8,12H,3-4,9-11H2,1-2H3. The molecule has 1 aromatic rings. The van der Waals surface area contributed by atoms with Gasteiger partial charge in [0.15, 0.2) is 0 Å². The molecule has 0 aromatic heterocycles. The minimum Gasteiger partial charge on any atom is -0.497 e. The van der Waals surface area contributed by atoms with E-state index < -0.39 is 10.2 Å². The molecular formula is C14H21ClN2O3S. The number of rotatable bonds is 5. The molecule has 1 unspecified atom stereocenters. The summed E-state index contributed by atoms with van der Waals surface area (Å²) in [5.74, 6) is 1.43. The lowest BCUT2D eigenvalue weighted by Crippen LogP contribution is -2.47. The Morgan fingerprint density at radius 2 is 2.05 bits per heavy atom. The largest absolute Gasteiger partial charge is 0.497 e. The van der Waals surface area contributed by atoms with Crippen LogP contribution in [0.4, 0.5) is 5.69 Å². The summed E-state index contributed by atoms with van der Waals surface area (Å²) in [7, 11) is -0.361. The summed E-state index contributed by atoms with van der Waals surface area (Å²) in [5.41, 5.74) is 0.615. The van der Waals surface area contributed by atoms with E-state index in [9.17, 15) is 8.42 Å². The Balaban J connectivity index is 2.17. The maximum Gasteiger partial charge on any atom is 0.303 e. The van der Waals surface area contributed by atoms with Crippen LogP contribution in [0, 0.1) is 5.92 Å². The number of piperidine rings is 1. The van der Waals surface area contributed by atoms with E-state index in [0.29, 0.717) is 30.4 Å². The lowest BCUT2D eigenvalue weighted by Gasteiger charge is -2.34. The van der Waals surface area contributed by atoms with Gasteiger partial charge in [0.2, 0.25) is 0 Å². The smallest absolute Gasteiger partial charge is 0.303 e. The van der Waals surface area contributed by atoms with Crippen LogP contribution >= 0.6 is 11.6 Å². The molecule has 7 heteroatoms. The molecule has 21 heavy (non-hydrogen) atoms. The second kappa shape index (κ2) is 6.85. The van der Waals surface area contributed by atoms with Crippen molar-refractivity contribution in [3.05, 3.63) is 24.3 Å². The first kappa shape index (κ1) is 16.4. The van der Waals surface area contributed by atoms with Crippen LogP contribution in [0.2, 0.25) is 0 Å². The Labute approximate surface area is 131 Å². The maximum absolute atomic E-state index is 12.7. The van der Waals surface area contributed by atoms with Crippen LogP contribution in [0.15, 0.2) is 24.3 Å². The highest BCUT2D eigenvalue weighted by Crippen LogP contribution is 2.25. The topological polar surface area (TPSA) is 49.9 Å². The summed E-state index contributed by atoms with van der Waals surface area (Å²) >= 11 is 5.88. The van der Waals surface area contributed by atoms with Crippen molar-refractivity contribution in [2.75, 3.05) is 37.4 Å². The Hall–Kier alpha value is -0.980. The van der Waals surface area contributed by atoms with Gasteiger partial charge in [0.1, 0.15) is 5.75 Å². The molecule has 5 nitrogen and oxygen atoms in total. The fourth-order valence-electron chi connectivity index (χ4n) is 2.46. The van der Waals surface area contributed by atoms with Crippen LogP contribution in [0.3, 0.4) is 0 Å². The number of benzene rings is 1. The Morgan fingerprint density at radius 1 is 1.38 bits per heavy atom. The Kier molecular flexibility index (Phi) is 5.35. The third kappa shape index (κ3) is 3.62. The van der Waals surface area contributed by atoms with Gasteiger partial charge >= 0.3 is 10.2 Å². The normalized spacial score (nSPS) is 20.2. The number of anilines is 1. The Bertz CT molecular complexity index is 562. The number of halogens is 1. The van der Waals surface area contributed by atoms with Crippen molar-refractivity contribution in [1.82, 2.24) is 4.31 Å². The highest BCUT2D eigenvalue weighted by atomic mass is 35.5. The number of alkyl halides is 1. The molecule has 0 amide bonds. The number of ether oxygens (including phenoxy) is 1. The Morgan fingerprint density at radius 3 is 2.62 bits per heavy atom. The first-order valence-corrected chi connectivity index (χ1v) is 8.86. The molecule has 0 radical (unpaired) electrons. The SMILES string of the molecule is COc1ccc(N(C)S(=O)(=O)N2CCCC(CCl)C2)cc1. The van der Waals surface area contributed by atoms with E-state index in [-0.39, 0.29) is 5.92 Å². The molecule has 1 heterocycles. The number of hydrogen-bond donors (Lipinski definition) is 0. The van der Waals surface area contributed by atoms with E-state index in [4.69, 9.17) is 16.3 Å². The molecule has 0 aliphatic carbocycles. The van der Waals surface area contributed by atoms with Crippen LogP contribution < -0.4 is 9.04 Å². The van der Waals surface area contributed by atoms with Crippen molar-refractivity contribution in [3.63, 3.8) is 0 Å². The van der Waals surface area contributed by atoms with Crippen LogP contribution in [0.1, 0.15) is 12.8 Å². The van der Waals surface area contributed by atoms with Crippen molar-refractivity contribution in [2.24, 2.45) is 5.92 Å². The van der Waals surface area contributed by atoms with E-state index in [2.05, 4.69) is 0 Å². The van der Waals surface area contributed by atoms with Gasteiger partial charge in [0.05, 0.1) is 12.8 Å². The van der Waals surface area contributed by atoms with Gasteiger partial charge in [-0.05, 0) is 43.0 Å². The molecule has 0 saturated carbocycles. The van der Waals surface area contributed by atoms with Gasteiger partial charge < -0.3 is 4.74 Å². The fourth-order valence-corrected chi connectivity index (χ4v) is 4.21. The van der Waals surface area contributed by atoms with E-state index in [1.54, 1.807) is 38.4 Å². The molecule has 2 rings (SSSR count). The molecule has 1 saturated heterocycles. The number of methoxy groups -OCH3 is 1. The lowest BCUT2D eigenvalue weighted by atomic mass is 10.0. The summed E-state index contributed by atoms with van der Waals surface area (Å²) in [5, 5.41) is 0. The van der Waals surface area contributed by atoms with Crippen molar-refractivity contribution in [2.45, 2.75) is 12.8 Å². The van der Waals surface area contributed by atoms with Crippen LogP contribution in [0.5, 0.6) is 5.75 Å². The summed E-state index contributed by atoms with van der Waals surface area (Å²) < 4.78 is 33.3. The van der Waals surface area contributed by atoms with Gasteiger partial charge in [-0.15, -0.1) is 11.6 Å². The van der Waals surface area contributed by atoms with Gasteiger partial charge in [-0.2, -0.15) is 12.7 Å². The summed E-state index contributed by atoms with van der Waals surface area (Å²) in [4.78, 5) is 0. The maximum atomic E-state index is 12.7. The molecule has 118 valence electrons. The highest BCUT2D eigenvalue weighted by Gasteiger charge is 2.31. The fraction of sp³-hybridized carbons (Fsp3) is 0.571. The predicted octanol–water partition coefficient (Wildman–Crippen LogP) is 2.33. The zero-order valence-corrected chi connectivity index (χ0v) is 13.9. The van der Waals surface area contributed by atoms with Crippen LogP contribution in [-0.2, 0) is 10.2 Å². The van der Waals surface area contributed by atoms with Gasteiger partial charge in [-0.1, -0.05) is 0 Å². The first-order valence-electron chi connectivity index (χ1n) is 6.93. The molecule has 1 fully saturated rings. The zero-order valence-electron chi connectivity index (χ0n) is 12.3. The monoisotopic (exact) mass is 332 g/mol. The average molecular weight is 333 g/mol. The predicted molar refractivity (Wildman–Crippen MR) is 85.3 cm³/mol. The second-order valence-electron chi connectivity index (χ2n) is 5.19. The van der Waals surface area contributed by atoms with E-state index in [1.165, 1.54) is 8.61 Å². The van der Waals surface area contributed by atoms with Crippen molar-refractivity contribution in [1.29, 1.82) is 0 Å². The molecule has 1 aliphatic rings. The third-order valence-electron chi connectivity index (χ3n) is 3.81. The van der Waals surface area contributed by atoms with Gasteiger partial charge in [-0.25, -0.2) is 0 Å².